The Balaban J connectivity index is 0.000000293. The van der Waals surface area contributed by atoms with Crippen molar-refractivity contribution in [1.82, 2.24) is 0 Å². The molecule has 0 atom stereocenters. The fourth-order valence-electron chi connectivity index (χ4n) is 11.5. The third kappa shape index (κ3) is 11.8. The maximum atomic E-state index is 9.68. The Morgan fingerprint density at radius 3 is 1.12 bits per heavy atom. The first-order chi connectivity index (χ1) is 37.3. The van der Waals surface area contributed by atoms with Crippen LogP contribution in [0.15, 0.2) is 182 Å². The van der Waals surface area contributed by atoms with Crippen LogP contribution in [0.25, 0.3) is 39.5 Å². The van der Waals surface area contributed by atoms with Gasteiger partial charge in [-0.15, -0.1) is 46.0 Å². The van der Waals surface area contributed by atoms with Crippen LogP contribution in [0.4, 0.5) is 0 Å². The van der Waals surface area contributed by atoms with Gasteiger partial charge in [0, 0.05) is 78.3 Å². The molecule has 11 rings (SSSR count). The van der Waals surface area contributed by atoms with Crippen LogP contribution in [-0.2, 0) is 89.1 Å². The smallest absolute Gasteiger partial charge is 0.0652 e. The minimum absolute atomic E-state index is 0. The van der Waals surface area contributed by atoms with Crippen molar-refractivity contribution in [1.29, 1.82) is 10.5 Å². The summed E-state index contributed by atoms with van der Waals surface area (Å²) in [4.78, 5) is 0. The van der Waals surface area contributed by atoms with Gasteiger partial charge >= 0.3 is 0 Å². The molecule has 9 aromatic rings. The Bertz CT molecular complexity index is 3420. The van der Waals surface area contributed by atoms with Gasteiger partial charge in [0.25, 0.3) is 0 Å². The van der Waals surface area contributed by atoms with Crippen LogP contribution in [0, 0.1) is 75.1 Å². The van der Waals surface area contributed by atoms with Crippen molar-refractivity contribution in [2.75, 3.05) is 0 Å². The van der Waals surface area contributed by atoms with Gasteiger partial charge in [0.2, 0.25) is 0 Å². The molecule has 0 unspecified atom stereocenters. The molecule has 2 nitrogen and oxygen atoms in total. The molecule has 0 saturated carbocycles. The van der Waals surface area contributed by atoms with Crippen molar-refractivity contribution in [3.8, 4) is 45.5 Å². The van der Waals surface area contributed by atoms with Crippen molar-refractivity contribution < 1.29 is 65.4 Å². The van der Waals surface area contributed by atoms with Gasteiger partial charge in [0.15, 0.2) is 0 Å². The van der Waals surface area contributed by atoms with Gasteiger partial charge in [-0.3, -0.25) is 5.56 Å². The molecule has 78 heavy (non-hydrogen) atoms. The summed E-state index contributed by atoms with van der Waals surface area (Å²) in [5, 5.41) is 19.1. The van der Waals surface area contributed by atoms with Gasteiger partial charge in [0.05, 0.1) is 23.0 Å². The summed E-state index contributed by atoms with van der Waals surface area (Å²) in [6, 6.07) is 79.6. The zero-order chi connectivity index (χ0) is 55.0. The zero-order valence-electron chi connectivity index (χ0n) is 47.9. The van der Waals surface area contributed by atoms with Crippen molar-refractivity contribution in [2.24, 2.45) is 0 Å². The molecule has 2 radical (unpaired) electrons. The van der Waals surface area contributed by atoms with Gasteiger partial charge in [-0.2, -0.15) is 46.4 Å². The van der Waals surface area contributed by atoms with Crippen LogP contribution in [0.5, 0.6) is 0 Å². The molecule has 0 N–H and O–H groups in total. The summed E-state index contributed by atoms with van der Waals surface area (Å²) in [6.07, 6.45) is 2.23. The van der Waals surface area contributed by atoms with E-state index in [4.69, 9.17) is 6.58 Å². The molecule has 2 aliphatic carbocycles. The number of hydrogen-bond acceptors (Lipinski definition) is 2. The van der Waals surface area contributed by atoms with Crippen molar-refractivity contribution in [3.05, 3.63) is 290 Å². The molecule has 0 fully saturated rings. The van der Waals surface area contributed by atoms with E-state index in [0.29, 0.717) is 12.8 Å². The van der Waals surface area contributed by atoms with E-state index in [1.165, 1.54) is 83.5 Å². The summed E-state index contributed by atoms with van der Waals surface area (Å²) >= 11 is 0. The molecule has 0 spiro atoms. The third-order valence-electron chi connectivity index (χ3n) is 14.2. The standard InChI is InChI=1S/C35H25N.C31H23N.4C2H6.2Y/c1-24-12-6-9-17-30(24)35(31-18-10-7-13-25(31)2)32-19-11-8-16-28(32)34-29(27-14-4-3-5-15-27)22-26(20-21-36)23-33(34)35;1-4-24-19-23(17-18-32)20-29-30(24)25-13-7-10-16-28(25)31(29,26-14-8-5-11-21(26)2)27-15-9-6-12-22(27)3;4*1-2;;/h3-14,16-19,23H,20H2,1-2H3;1,4-16,20H,17H2,2-3H3;4*1-2H3;;/q2*-2;;;;;;. The zero-order valence-corrected chi connectivity index (χ0v) is 53.6. The summed E-state index contributed by atoms with van der Waals surface area (Å²) in [5.74, 6) is 0. The second-order valence-electron chi connectivity index (χ2n) is 17.9. The van der Waals surface area contributed by atoms with E-state index in [1.807, 2.05) is 73.6 Å². The molecule has 0 heterocycles. The van der Waals surface area contributed by atoms with Crippen molar-refractivity contribution in [3.63, 3.8) is 0 Å². The van der Waals surface area contributed by atoms with Crippen LogP contribution in [0.1, 0.15) is 139 Å². The quantitative estimate of drug-likeness (QED) is 0.142. The maximum absolute atomic E-state index is 9.68. The molecule has 0 aromatic heterocycles. The van der Waals surface area contributed by atoms with Crippen LogP contribution in [-0.4, -0.2) is 0 Å². The van der Waals surface area contributed by atoms with Crippen LogP contribution >= 0.6 is 0 Å². The third-order valence-corrected chi connectivity index (χ3v) is 14.2. The van der Waals surface area contributed by atoms with E-state index in [-0.39, 0.29) is 65.4 Å². The fourth-order valence-corrected chi connectivity index (χ4v) is 11.5. The number of hydrogen-bond donors (Lipinski definition) is 0. The largest absolute Gasteiger partial charge is 0.344 e. The number of nitrogens with zero attached hydrogens (tertiary/aromatic N) is 2. The fraction of sp³-hybridized carbons (Fsp3) is 0.216. The second kappa shape index (κ2) is 30.3. The van der Waals surface area contributed by atoms with Crippen molar-refractivity contribution in [2.45, 2.75) is 107 Å². The van der Waals surface area contributed by atoms with Gasteiger partial charge in [-0.05, 0) is 83.3 Å². The molecule has 0 aliphatic heterocycles. The molecule has 0 amide bonds. The first-order valence-corrected chi connectivity index (χ1v) is 27.2. The first-order valence-electron chi connectivity index (χ1n) is 27.2. The minimum Gasteiger partial charge on any atom is -0.344 e. The van der Waals surface area contributed by atoms with Crippen LogP contribution < -0.4 is 0 Å². The summed E-state index contributed by atoms with van der Waals surface area (Å²) < 4.78 is 0. The van der Waals surface area contributed by atoms with Gasteiger partial charge < -0.3 is 12.7 Å². The SMILES string of the molecule is CC.CC.CC.CC.Cc1ccccc1C1(c2ccccc2C)c2ccccc2-c2c(-c3[c-]cccc3)[c-]c(CC#N)cc21.[CH-]=Cc1[c-]c(CC#N)cc2c1-c1ccccc1C2(c1ccccc1C)c1ccccc1C.[Y].[Y]. The summed E-state index contributed by atoms with van der Waals surface area (Å²) in [6.45, 7) is 30.9. The van der Waals surface area contributed by atoms with Gasteiger partial charge in [-0.25, -0.2) is 17.2 Å². The number of benzene rings is 9. The molecule has 2 aliphatic rings. The molecule has 4 heteroatoms. The molecule has 388 valence electrons. The Labute approximate surface area is 519 Å². The average Bonchev–Trinajstić information content (AvgIpc) is 4.18. The normalized spacial score (nSPS) is 11.7. The van der Waals surface area contributed by atoms with E-state index in [9.17, 15) is 10.5 Å². The van der Waals surface area contributed by atoms with E-state index in [0.717, 1.165) is 33.4 Å². The molecule has 0 saturated heterocycles. The van der Waals surface area contributed by atoms with E-state index >= 15 is 0 Å². The minimum atomic E-state index is -0.508. The second-order valence-corrected chi connectivity index (χ2v) is 17.9. The van der Waals surface area contributed by atoms with Crippen LogP contribution in [0.3, 0.4) is 0 Å². The van der Waals surface area contributed by atoms with E-state index in [1.54, 1.807) is 6.08 Å². The monoisotopic (exact) mass is 1170 g/mol. The Morgan fingerprint density at radius 1 is 0.423 bits per heavy atom. The molecular formula is C74H72N2Y2-4. The number of fused-ring (bicyclic) bond motifs is 6. The predicted octanol–water partition coefficient (Wildman–Crippen LogP) is 19.1. The summed E-state index contributed by atoms with van der Waals surface area (Å²) in [7, 11) is 0. The topological polar surface area (TPSA) is 47.6 Å². The average molecular weight is 1170 g/mol. The molecule has 9 aromatic carbocycles. The molecule has 0 bridgehead atoms. The number of aryl methyl sites for hydroxylation is 4. The Morgan fingerprint density at radius 2 is 0.756 bits per heavy atom. The van der Waals surface area contributed by atoms with Crippen LogP contribution in [0.2, 0.25) is 0 Å². The number of rotatable bonds is 8. The molecular weight excluding hydrogens is 1090 g/mol. The number of nitriles is 2. The Kier molecular flexibility index (Phi) is 25.0. The van der Waals surface area contributed by atoms with Gasteiger partial charge in [-0.1, -0.05) is 212 Å². The Hall–Kier alpha value is -6.09. The maximum Gasteiger partial charge on any atom is 0.0652 e. The van der Waals surface area contributed by atoms with E-state index in [2.05, 4.69) is 222 Å². The first kappa shape index (κ1) is 64.4. The summed E-state index contributed by atoms with van der Waals surface area (Å²) in [5.41, 5.74) is 23.1. The predicted molar refractivity (Wildman–Crippen MR) is 321 cm³/mol. The van der Waals surface area contributed by atoms with Gasteiger partial charge in [0.1, 0.15) is 0 Å². The van der Waals surface area contributed by atoms with E-state index < -0.39 is 10.8 Å². The van der Waals surface area contributed by atoms with Crippen molar-refractivity contribution >= 4 is 6.08 Å².